The summed E-state index contributed by atoms with van der Waals surface area (Å²) in [4.78, 5) is 10.8. The maximum absolute atomic E-state index is 11.9. The highest BCUT2D eigenvalue weighted by Crippen LogP contribution is 2.36. The maximum Gasteiger partial charge on any atom is 0.325 e. The Bertz CT molecular complexity index is 430. The molecule has 0 amide bonds. The zero-order chi connectivity index (χ0) is 11.6. The quantitative estimate of drug-likeness (QED) is 0.809. The Labute approximate surface area is 101 Å². The molecule has 0 heterocycles. The molecular weight excluding hydrogens is 249 g/mol. The van der Waals surface area contributed by atoms with Crippen LogP contribution in [0.4, 0.5) is 0 Å². The van der Waals surface area contributed by atoms with E-state index in [0.717, 1.165) is 0 Å². The Kier molecular flexibility index (Phi) is 5.20. The molecule has 16 heavy (non-hydrogen) atoms. The van der Waals surface area contributed by atoms with Gasteiger partial charge in [-0.2, -0.15) is 0 Å². The molecule has 0 saturated carbocycles. The fourth-order valence-electron chi connectivity index (χ4n) is 1.37. The smallest absolute Gasteiger partial charge is 0.325 e. The van der Waals surface area contributed by atoms with Crippen molar-refractivity contribution in [1.29, 1.82) is 0 Å². The van der Waals surface area contributed by atoms with Crippen LogP contribution in [-0.4, -0.2) is 24.4 Å². The average Bonchev–Trinajstić information content (AvgIpc) is 2.15. The molecule has 0 aliphatic heterocycles. The molecule has 3 N–H and O–H groups in total. The van der Waals surface area contributed by atoms with Crippen LogP contribution in [0.15, 0.2) is 24.3 Å². The summed E-state index contributed by atoms with van der Waals surface area (Å²) in [5.41, 5.74) is 5.94. The number of aliphatic carboxylic acids is 1. The fraction of sp³-hybridized carbons (Fsp3) is 0.300. The summed E-state index contributed by atoms with van der Waals surface area (Å²) in [6.07, 6.45) is 0. The van der Waals surface area contributed by atoms with Crippen molar-refractivity contribution in [3.63, 3.8) is 0 Å². The molecule has 0 saturated heterocycles. The minimum atomic E-state index is -2.49. The van der Waals surface area contributed by atoms with Crippen LogP contribution >= 0.6 is 19.5 Å². The number of hydrogen-bond acceptors (Lipinski definition) is 3. The molecule has 1 aromatic carbocycles. The predicted octanol–water partition coefficient (Wildman–Crippen LogP) is 1.44. The normalized spacial score (nSPS) is 12.7. The van der Waals surface area contributed by atoms with Crippen LogP contribution in [0, 0.1) is 0 Å². The van der Waals surface area contributed by atoms with Gasteiger partial charge in [-0.05, 0) is 18.9 Å². The molecule has 1 unspecified atom stereocenters. The number of rotatable bonds is 3. The third kappa shape index (κ3) is 3.34. The predicted molar refractivity (Wildman–Crippen MR) is 67.3 cm³/mol. The van der Waals surface area contributed by atoms with Gasteiger partial charge in [-0.3, -0.25) is 4.79 Å². The van der Waals surface area contributed by atoms with Gasteiger partial charge in [0.05, 0.1) is 0 Å². The Balaban J connectivity index is 0.00000225. The van der Waals surface area contributed by atoms with Crippen LogP contribution in [0.1, 0.15) is 11.6 Å². The van der Waals surface area contributed by atoms with E-state index in [1.165, 1.54) is 0 Å². The standard InChI is InChI=1S/C10H14NO3P.ClH/c1-15(2,14)8-6-4-3-5-7(8)9(11)10(12)13;/h3-6,9H,11H2,1-2H3,(H,12,13);1H. The number of halogens is 1. The summed E-state index contributed by atoms with van der Waals surface area (Å²) in [6.45, 7) is 3.20. The van der Waals surface area contributed by atoms with E-state index in [-0.39, 0.29) is 12.4 Å². The summed E-state index contributed by atoms with van der Waals surface area (Å²) in [7, 11) is -2.49. The summed E-state index contributed by atoms with van der Waals surface area (Å²) in [5.74, 6) is -1.11. The lowest BCUT2D eigenvalue weighted by molar-refractivity contribution is -0.138. The number of benzene rings is 1. The van der Waals surface area contributed by atoms with Gasteiger partial charge in [0.25, 0.3) is 0 Å². The molecule has 0 radical (unpaired) electrons. The van der Waals surface area contributed by atoms with Gasteiger partial charge in [-0.1, -0.05) is 24.3 Å². The van der Waals surface area contributed by atoms with Gasteiger partial charge in [-0.25, -0.2) is 0 Å². The van der Waals surface area contributed by atoms with Gasteiger partial charge in [0.15, 0.2) is 0 Å². The summed E-state index contributed by atoms with van der Waals surface area (Å²) in [5, 5.41) is 9.35. The van der Waals surface area contributed by atoms with E-state index in [4.69, 9.17) is 10.8 Å². The highest BCUT2D eigenvalue weighted by molar-refractivity contribution is 7.70. The Morgan fingerprint density at radius 3 is 2.31 bits per heavy atom. The number of hydrogen-bond donors (Lipinski definition) is 2. The first-order chi connectivity index (χ1) is 6.84. The zero-order valence-electron chi connectivity index (χ0n) is 9.08. The Morgan fingerprint density at radius 1 is 1.38 bits per heavy atom. The lowest BCUT2D eigenvalue weighted by atomic mass is 10.1. The van der Waals surface area contributed by atoms with Crippen molar-refractivity contribution in [1.82, 2.24) is 0 Å². The summed E-state index contributed by atoms with van der Waals surface area (Å²) in [6, 6.07) is 5.58. The molecule has 1 aromatic rings. The van der Waals surface area contributed by atoms with Crippen LogP contribution in [0.2, 0.25) is 0 Å². The minimum Gasteiger partial charge on any atom is -0.480 e. The van der Waals surface area contributed by atoms with Crippen molar-refractivity contribution in [3.05, 3.63) is 29.8 Å². The first kappa shape index (κ1) is 15.2. The van der Waals surface area contributed by atoms with Crippen LogP contribution in [-0.2, 0) is 9.36 Å². The first-order valence-electron chi connectivity index (χ1n) is 4.47. The molecule has 0 fully saturated rings. The zero-order valence-corrected chi connectivity index (χ0v) is 10.8. The molecule has 0 aliphatic carbocycles. The van der Waals surface area contributed by atoms with Crippen molar-refractivity contribution in [3.8, 4) is 0 Å². The van der Waals surface area contributed by atoms with Gasteiger partial charge in [0, 0.05) is 5.30 Å². The number of nitrogens with two attached hydrogens (primary N) is 1. The van der Waals surface area contributed by atoms with Crippen LogP contribution in [0.25, 0.3) is 0 Å². The van der Waals surface area contributed by atoms with E-state index in [0.29, 0.717) is 10.9 Å². The van der Waals surface area contributed by atoms with E-state index in [1.54, 1.807) is 37.6 Å². The second kappa shape index (κ2) is 5.48. The number of carboxylic acid groups (broad SMARTS) is 1. The largest absolute Gasteiger partial charge is 0.480 e. The third-order valence-corrected chi connectivity index (χ3v) is 3.69. The van der Waals surface area contributed by atoms with Gasteiger partial charge in [-0.15, -0.1) is 12.4 Å². The van der Waals surface area contributed by atoms with Gasteiger partial charge in [0.2, 0.25) is 0 Å². The Hall–Kier alpha value is -0.830. The molecule has 6 heteroatoms. The molecule has 4 nitrogen and oxygen atoms in total. The second-order valence-corrected chi connectivity index (χ2v) is 6.91. The minimum absolute atomic E-state index is 0. The molecule has 1 atom stereocenters. The second-order valence-electron chi connectivity index (χ2n) is 3.73. The maximum atomic E-state index is 11.9. The van der Waals surface area contributed by atoms with Gasteiger partial charge >= 0.3 is 5.97 Å². The number of carboxylic acids is 1. The van der Waals surface area contributed by atoms with Crippen molar-refractivity contribution in [2.24, 2.45) is 5.73 Å². The molecule has 90 valence electrons. The van der Waals surface area contributed by atoms with Crippen LogP contribution in [0.5, 0.6) is 0 Å². The van der Waals surface area contributed by atoms with Crippen molar-refractivity contribution < 1.29 is 14.5 Å². The van der Waals surface area contributed by atoms with Crippen molar-refractivity contribution in [2.75, 3.05) is 13.3 Å². The SMILES string of the molecule is CP(C)(=O)c1ccccc1C(N)C(=O)O.Cl. The first-order valence-corrected chi connectivity index (χ1v) is 7.07. The van der Waals surface area contributed by atoms with E-state index < -0.39 is 19.2 Å². The van der Waals surface area contributed by atoms with Crippen molar-refractivity contribution in [2.45, 2.75) is 6.04 Å². The number of carbonyl (C=O) groups is 1. The molecule has 0 spiro atoms. The summed E-state index contributed by atoms with van der Waals surface area (Å²) < 4.78 is 11.9. The van der Waals surface area contributed by atoms with Crippen LogP contribution in [0.3, 0.4) is 0 Å². The Morgan fingerprint density at radius 2 is 1.88 bits per heavy atom. The third-order valence-electron chi connectivity index (χ3n) is 2.12. The fourth-order valence-corrected chi connectivity index (χ4v) is 2.65. The highest BCUT2D eigenvalue weighted by Gasteiger charge is 2.23. The van der Waals surface area contributed by atoms with Crippen LogP contribution < -0.4 is 11.0 Å². The van der Waals surface area contributed by atoms with Crippen molar-refractivity contribution >= 4 is 30.8 Å². The average molecular weight is 264 g/mol. The molecular formula is C10H15ClNO3P. The molecule has 0 aromatic heterocycles. The monoisotopic (exact) mass is 263 g/mol. The summed E-state index contributed by atoms with van der Waals surface area (Å²) >= 11 is 0. The van der Waals surface area contributed by atoms with Gasteiger partial charge < -0.3 is 15.4 Å². The van der Waals surface area contributed by atoms with Gasteiger partial charge in [0.1, 0.15) is 13.2 Å². The molecule has 0 aliphatic rings. The van der Waals surface area contributed by atoms with E-state index in [2.05, 4.69) is 0 Å². The lowest BCUT2D eigenvalue weighted by Gasteiger charge is -2.15. The lowest BCUT2D eigenvalue weighted by Crippen LogP contribution is -2.26. The van der Waals surface area contributed by atoms with E-state index >= 15 is 0 Å². The van der Waals surface area contributed by atoms with E-state index in [9.17, 15) is 9.36 Å². The topological polar surface area (TPSA) is 80.4 Å². The molecule has 0 bridgehead atoms. The molecule has 1 rings (SSSR count). The van der Waals surface area contributed by atoms with E-state index in [1.807, 2.05) is 0 Å². The highest BCUT2D eigenvalue weighted by atomic mass is 35.5.